The average Bonchev–Trinajstić information content (AvgIpc) is 3.19. The number of nitrogens with one attached hydrogen (secondary N) is 1. The largest absolute Gasteiger partial charge is 0.404 e. The van der Waals surface area contributed by atoms with Gasteiger partial charge in [0, 0.05) is 43.3 Å². The second-order valence-corrected chi connectivity index (χ2v) is 8.44. The lowest BCUT2D eigenvalue weighted by Gasteiger charge is -2.28. The highest BCUT2D eigenvalue weighted by atomic mass is 19.1. The molecule has 1 aromatic carbocycles. The third-order valence-corrected chi connectivity index (χ3v) is 6.23. The van der Waals surface area contributed by atoms with Gasteiger partial charge in [-0.2, -0.15) is 0 Å². The quantitative estimate of drug-likeness (QED) is 0.502. The van der Waals surface area contributed by atoms with Gasteiger partial charge in [-0.3, -0.25) is 9.79 Å². The minimum atomic E-state index is -0.565. The number of aliphatic hydroxyl groups excluding tert-OH is 1. The number of pyridine rings is 1. The normalized spacial score (nSPS) is 19.3. The van der Waals surface area contributed by atoms with E-state index in [-0.39, 0.29) is 23.0 Å². The highest BCUT2D eigenvalue weighted by Gasteiger charge is 2.27. The van der Waals surface area contributed by atoms with Crippen LogP contribution < -0.4 is 11.1 Å². The number of aliphatic hydroxyl groups is 1. The highest BCUT2D eigenvalue weighted by Crippen LogP contribution is 2.25. The molecule has 33 heavy (non-hydrogen) atoms. The molecule has 2 aromatic heterocycles. The number of nitrogens with two attached hydrogens (primary N) is 1. The van der Waals surface area contributed by atoms with Crippen LogP contribution in [0, 0.1) is 5.82 Å². The zero-order valence-corrected chi connectivity index (χ0v) is 18.7. The number of halogens is 1. The van der Waals surface area contributed by atoms with Crippen molar-refractivity contribution in [3.05, 3.63) is 83.1 Å². The zero-order valence-electron chi connectivity index (χ0n) is 18.7. The van der Waals surface area contributed by atoms with Gasteiger partial charge in [0.25, 0.3) is 5.91 Å². The van der Waals surface area contributed by atoms with E-state index in [0.29, 0.717) is 12.8 Å². The monoisotopic (exact) mass is 448 g/mol. The number of rotatable bonds is 6. The predicted molar refractivity (Wildman–Crippen MR) is 129 cm³/mol. The molecule has 1 aliphatic rings. The van der Waals surface area contributed by atoms with Crippen molar-refractivity contribution >= 4 is 23.2 Å². The molecule has 7 heteroatoms. The Morgan fingerprint density at radius 1 is 1.27 bits per heavy atom. The number of aromatic nitrogens is 1. The van der Waals surface area contributed by atoms with Crippen LogP contribution >= 0.6 is 0 Å². The number of benzene rings is 1. The second kappa shape index (κ2) is 10.0. The lowest BCUT2D eigenvalue weighted by atomic mass is 9.92. The Bertz CT molecular complexity index is 1200. The van der Waals surface area contributed by atoms with Gasteiger partial charge in [0.2, 0.25) is 0 Å². The van der Waals surface area contributed by atoms with Gasteiger partial charge in [-0.05, 0) is 42.2 Å². The molecule has 0 spiro atoms. The van der Waals surface area contributed by atoms with Crippen LogP contribution in [0.5, 0.6) is 0 Å². The summed E-state index contributed by atoms with van der Waals surface area (Å²) < 4.78 is 16.5. The maximum absolute atomic E-state index is 14.8. The summed E-state index contributed by atoms with van der Waals surface area (Å²) in [7, 11) is 1.69. The van der Waals surface area contributed by atoms with Gasteiger partial charge in [-0.25, -0.2) is 4.39 Å². The minimum absolute atomic E-state index is 0.249. The van der Waals surface area contributed by atoms with E-state index in [0.717, 1.165) is 41.7 Å². The van der Waals surface area contributed by atoms with Gasteiger partial charge in [-0.1, -0.05) is 37.1 Å². The van der Waals surface area contributed by atoms with Crippen molar-refractivity contribution in [2.75, 3.05) is 7.05 Å². The molecule has 0 aliphatic heterocycles. The number of amides is 1. The second-order valence-electron chi connectivity index (χ2n) is 8.44. The maximum Gasteiger partial charge on any atom is 0.253 e. The predicted octanol–water partition coefficient (Wildman–Crippen LogP) is 3.70. The van der Waals surface area contributed by atoms with Crippen LogP contribution in [0.25, 0.3) is 11.1 Å². The number of carbonyl (C=O) groups is 1. The first-order valence-corrected chi connectivity index (χ1v) is 11.2. The molecule has 4 rings (SSSR count). The van der Waals surface area contributed by atoms with Crippen LogP contribution in [-0.4, -0.2) is 40.8 Å². The van der Waals surface area contributed by atoms with Crippen molar-refractivity contribution in [2.45, 2.75) is 44.2 Å². The summed E-state index contributed by atoms with van der Waals surface area (Å²) in [6.45, 7) is 0. The molecule has 2 heterocycles. The van der Waals surface area contributed by atoms with E-state index in [2.05, 4.69) is 10.3 Å². The molecular weight excluding hydrogens is 419 g/mol. The van der Waals surface area contributed by atoms with E-state index >= 15 is 0 Å². The fourth-order valence-corrected chi connectivity index (χ4v) is 4.50. The van der Waals surface area contributed by atoms with Gasteiger partial charge in [0.05, 0.1) is 23.2 Å². The fraction of sp³-hybridized carbons (Fsp3) is 0.308. The van der Waals surface area contributed by atoms with Crippen LogP contribution in [0.2, 0.25) is 0 Å². The van der Waals surface area contributed by atoms with Crippen LogP contribution in [0.3, 0.4) is 0 Å². The standard InChI is InChI=1S/C26H29FN4O2/c1-29-16-19(15-28)18-10-8-17(9-11-18)13-20-14-21(25-22(27)5-4-12-31(20)25)26(33)30-23-6-2-3-7-24(23)32/h4-5,8-12,14-16,23-24,32H,2-3,6-7,13,28H2,1H3,(H,30,33)/t23-,24-/m0/s1. The Morgan fingerprint density at radius 2 is 2.03 bits per heavy atom. The van der Waals surface area contributed by atoms with Gasteiger partial charge >= 0.3 is 0 Å². The highest BCUT2D eigenvalue weighted by molar-refractivity contribution is 6.09. The Kier molecular flexibility index (Phi) is 6.89. The van der Waals surface area contributed by atoms with Gasteiger partial charge in [0.15, 0.2) is 0 Å². The number of nitrogens with zero attached hydrogens (tertiary/aromatic N) is 2. The SMILES string of the molecule is CN=CC(=CN)c1ccc(Cc2cc(C(=O)N[C@H]3CCCC[C@@H]3O)c3c(F)cccn23)cc1. The van der Waals surface area contributed by atoms with E-state index in [1.807, 2.05) is 24.3 Å². The van der Waals surface area contributed by atoms with Crippen molar-refractivity contribution in [3.63, 3.8) is 0 Å². The zero-order chi connectivity index (χ0) is 23.4. The molecule has 0 radical (unpaired) electrons. The smallest absolute Gasteiger partial charge is 0.253 e. The van der Waals surface area contributed by atoms with Crippen molar-refractivity contribution < 1.29 is 14.3 Å². The molecule has 2 atom stereocenters. The molecule has 0 bridgehead atoms. The first-order valence-electron chi connectivity index (χ1n) is 11.2. The number of hydrogen-bond acceptors (Lipinski definition) is 4. The van der Waals surface area contributed by atoms with Crippen molar-refractivity contribution in [1.29, 1.82) is 0 Å². The van der Waals surface area contributed by atoms with E-state index in [9.17, 15) is 14.3 Å². The van der Waals surface area contributed by atoms with Gasteiger partial charge in [-0.15, -0.1) is 0 Å². The van der Waals surface area contributed by atoms with E-state index in [1.54, 1.807) is 36.0 Å². The van der Waals surface area contributed by atoms with Crippen molar-refractivity contribution in [3.8, 4) is 0 Å². The summed E-state index contributed by atoms with van der Waals surface area (Å²) in [6, 6.07) is 12.3. The molecule has 172 valence electrons. The number of aliphatic imine (C=N–C) groups is 1. The van der Waals surface area contributed by atoms with Crippen LogP contribution in [0.1, 0.15) is 52.9 Å². The summed E-state index contributed by atoms with van der Waals surface area (Å²) in [5, 5.41) is 13.2. The molecular formula is C26H29FN4O2. The van der Waals surface area contributed by atoms with E-state index < -0.39 is 11.9 Å². The molecule has 3 aromatic rings. The van der Waals surface area contributed by atoms with Crippen LogP contribution in [0.15, 0.2) is 59.9 Å². The Hall–Kier alpha value is -3.45. The Morgan fingerprint density at radius 3 is 2.73 bits per heavy atom. The minimum Gasteiger partial charge on any atom is -0.404 e. The third kappa shape index (κ3) is 4.83. The first kappa shape index (κ1) is 22.7. The Balaban J connectivity index is 1.62. The molecule has 1 amide bonds. The molecule has 1 saturated carbocycles. The van der Waals surface area contributed by atoms with Crippen LogP contribution in [0.4, 0.5) is 4.39 Å². The number of carbonyl (C=O) groups excluding carboxylic acids is 1. The summed E-state index contributed by atoms with van der Waals surface area (Å²) in [5.41, 5.74) is 9.81. The molecule has 6 nitrogen and oxygen atoms in total. The number of allylic oxidation sites excluding steroid dienone is 1. The van der Waals surface area contributed by atoms with Crippen molar-refractivity contribution in [1.82, 2.24) is 9.72 Å². The summed E-state index contributed by atoms with van der Waals surface area (Å²) in [5.74, 6) is -0.813. The molecule has 0 saturated heterocycles. The van der Waals surface area contributed by atoms with Crippen molar-refractivity contribution in [2.24, 2.45) is 10.7 Å². The molecule has 4 N–H and O–H groups in total. The summed E-state index contributed by atoms with van der Waals surface area (Å²) >= 11 is 0. The summed E-state index contributed by atoms with van der Waals surface area (Å²) in [4.78, 5) is 17.1. The van der Waals surface area contributed by atoms with Gasteiger partial charge in [0.1, 0.15) is 5.82 Å². The van der Waals surface area contributed by atoms with E-state index in [1.165, 1.54) is 12.3 Å². The van der Waals surface area contributed by atoms with E-state index in [4.69, 9.17) is 5.73 Å². The number of hydrogen-bond donors (Lipinski definition) is 3. The van der Waals surface area contributed by atoms with Gasteiger partial charge < -0.3 is 20.6 Å². The lowest BCUT2D eigenvalue weighted by Crippen LogP contribution is -2.45. The molecule has 1 fully saturated rings. The molecule has 1 aliphatic carbocycles. The topological polar surface area (TPSA) is 92.1 Å². The van der Waals surface area contributed by atoms with Crippen LogP contribution in [-0.2, 0) is 6.42 Å². The lowest BCUT2D eigenvalue weighted by molar-refractivity contribution is 0.0718. The fourth-order valence-electron chi connectivity index (χ4n) is 4.50. The molecule has 0 unspecified atom stereocenters. The summed E-state index contributed by atoms with van der Waals surface area (Å²) in [6.07, 6.45) is 8.24. The maximum atomic E-state index is 14.8. The average molecular weight is 449 g/mol. The first-order chi connectivity index (χ1) is 16.0. The third-order valence-electron chi connectivity index (χ3n) is 6.23. The number of fused-ring (bicyclic) bond motifs is 1. The Labute approximate surface area is 192 Å².